The maximum absolute atomic E-state index is 4.82. The Morgan fingerprint density at radius 2 is 1.12 bits per heavy atom. The number of para-hydroxylation sites is 1. The van der Waals surface area contributed by atoms with Crippen LogP contribution in [-0.4, -0.2) is 5.71 Å². The summed E-state index contributed by atoms with van der Waals surface area (Å²) in [5.41, 5.74) is 10.6. The first-order valence-corrected chi connectivity index (χ1v) is 11.1. The third-order valence-corrected chi connectivity index (χ3v) is 6.08. The molecule has 0 saturated carbocycles. The van der Waals surface area contributed by atoms with Gasteiger partial charge in [-0.3, -0.25) is 5.43 Å². The fourth-order valence-electron chi connectivity index (χ4n) is 4.59. The van der Waals surface area contributed by atoms with Crippen molar-refractivity contribution in [2.24, 2.45) is 5.10 Å². The number of rotatable bonds is 5. The molecule has 1 aliphatic rings. The highest BCUT2D eigenvalue weighted by atomic mass is 15.3. The van der Waals surface area contributed by atoms with E-state index >= 15 is 0 Å². The quantitative estimate of drug-likeness (QED) is 0.336. The SMILES string of the molecule is C1=C(c2ccccc2)[C@H](c2ccccc2)[C@@H](c2ccccc2)C/C1=N\Nc1ccccc1. The minimum Gasteiger partial charge on any atom is -0.278 e. The van der Waals surface area contributed by atoms with E-state index in [1.54, 1.807) is 0 Å². The van der Waals surface area contributed by atoms with Crippen LogP contribution < -0.4 is 5.43 Å². The molecule has 0 saturated heterocycles. The molecule has 1 aliphatic carbocycles. The minimum atomic E-state index is 0.261. The summed E-state index contributed by atoms with van der Waals surface area (Å²) in [5, 5.41) is 4.82. The van der Waals surface area contributed by atoms with Crippen LogP contribution in [0.1, 0.15) is 34.9 Å². The molecule has 0 aliphatic heterocycles. The van der Waals surface area contributed by atoms with Crippen LogP contribution in [0.3, 0.4) is 0 Å². The van der Waals surface area contributed by atoms with Crippen molar-refractivity contribution in [3.8, 4) is 0 Å². The minimum absolute atomic E-state index is 0.261. The van der Waals surface area contributed by atoms with Crippen molar-refractivity contribution in [3.63, 3.8) is 0 Å². The summed E-state index contributed by atoms with van der Waals surface area (Å²) < 4.78 is 0. The first kappa shape index (κ1) is 20.0. The number of benzene rings is 4. The van der Waals surface area contributed by atoms with Crippen LogP contribution in [0.5, 0.6) is 0 Å². The Hall–Kier alpha value is -3.91. The molecule has 5 rings (SSSR count). The second-order valence-electron chi connectivity index (χ2n) is 8.16. The fraction of sp³-hybridized carbons (Fsp3) is 0.100. The van der Waals surface area contributed by atoms with Crippen molar-refractivity contribution in [2.75, 3.05) is 5.43 Å². The average Bonchev–Trinajstić information content (AvgIpc) is 2.89. The molecule has 2 nitrogen and oxygen atoms in total. The van der Waals surface area contributed by atoms with E-state index in [4.69, 9.17) is 5.10 Å². The molecular weight excluding hydrogens is 388 g/mol. The van der Waals surface area contributed by atoms with E-state index in [-0.39, 0.29) is 5.92 Å². The average molecular weight is 415 g/mol. The summed E-state index contributed by atoms with van der Waals surface area (Å²) >= 11 is 0. The molecule has 0 unspecified atom stereocenters. The van der Waals surface area contributed by atoms with Crippen LogP contribution in [0.4, 0.5) is 5.69 Å². The largest absolute Gasteiger partial charge is 0.278 e. The Kier molecular flexibility index (Phi) is 5.93. The Bertz CT molecular complexity index is 1200. The van der Waals surface area contributed by atoms with E-state index in [2.05, 4.69) is 102 Å². The molecule has 32 heavy (non-hydrogen) atoms. The van der Waals surface area contributed by atoms with Gasteiger partial charge in [-0.1, -0.05) is 109 Å². The van der Waals surface area contributed by atoms with Gasteiger partial charge in [-0.15, -0.1) is 0 Å². The number of hydrogen-bond donors (Lipinski definition) is 1. The lowest BCUT2D eigenvalue weighted by atomic mass is 9.69. The molecular formula is C30H26N2. The standard InChI is InChI=1S/C30H26N2/c1-5-13-23(14-6-1)28-21-27(32-31-26-19-11-4-12-20-26)22-29(24-15-7-2-8-16-24)30(28)25-17-9-3-10-18-25/h1-21,29-31H,22H2/b32-27-/t29-,30+/m1/s1. The van der Waals surface area contributed by atoms with E-state index in [1.165, 1.54) is 22.3 Å². The normalized spacial score (nSPS) is 19.4. The van der Waals surface area contributed by atoms with Crippen LogP contribution in [0.2, 0.25) is 0 Å². The highest BCUT2D eigenvalue weighted by molar-refractivity contribution is 6.05. The molecule has 0 bridgehead atoms. The van der Waals surface area contributed by atoms with E-state index in [0.29, 0.717) is 5.92 Å². The molecule has 0 fully saturated rings. The lowest BCUT2D eigenvalue weighted by Crippen LogP contribution is -2.22. The maximum Gasteiger partial charge on any atom is 0.0616 e. The Morgan fingerprint density at radius 1 is 0.594 bits per heavy atom. The van der Waals surface area contributed by atoms with Gasteiger partial charge < -0.3 is 0 Å². The molecule has 0 spiro atoms. The second-order valence-corrected chi connectivity index (χ2v) is 8.16. The number of allylic oxidation sites excluding steroid dienone is 2. The zero-order chi connectivity index (χ0) is 21.6. The monoisotopic (exact) mass is 414 g/mol. The van der Waals surface area contributed by atoms with E-state index in [0.717, 1.165) is 17.8 Å². The summed E-state index contributed by atoms with van der Waals surface area (Å²) in [6.45, 7) is 0. The number of nitrogens with zero attached hydrogens (tertiary/aromatic N) is 1. The highest BCUT2D eigenvalue weighted by Crippen LogP contribution is 2.47. The third kappa shape index (κ3) is 4.40. The zero-order valence-electron chi connectivity index (χ0n) is 17.9. The van der Waals surface area contributed by atoms with Gasteiger partial charge in [0, 0.05) is 11.8 Å². The Morgan fingerprint density at radius 3 is 1.75 bits per heavy atom. The van der Waals surface area contributed by atoms with Gasteiger partial charge in [-0.2, -0.15) is 5.10 Å². The molecule has 0 amide bonds. The summed E-state index contributed by atoms with van der Waals surface area (Å²) in [6, 6.07) is 42.6. The van der Waals surface area contributed by atoms with Crippen LogP contribution >= 0.6 is 0 Å². The molecule has 0 radical (unpaired) electrons. The van der Waals surface area contributed by atoms with Crippen LogP contribution in [0.15, 0.2) is 133 Å². The van der Waals surface area contributed by atoms with Gasteiger partial charge in [0.1, 0.15) is 0 Å². The fourth-order valence-corrected chi connectivity index (χ4v) is 4.59. The number of nitrogens with one attached hydrogen (secondary N) is 1. The summed E-state index contributed by atoms with van der Waals surface area (Å²) in [5.74, 6) is 0.562. The van der Waals surface area contributed by atoms with Crippen molar-refractivity contribution in [1.29, 1.82) is 0 Å². The first-order valence-electron chi connectivity index (χ1n) is 11.1. The first-order chi connectivity index (χ1) is 15.9. The van der Waals surface area contributed by atoms with Gasteiger partial charge in [-0.05, 0) is 46.9 Å². The molecule has 4 aromatic rings. The summed E-state index contributed by atoms with van der Waals surface area (Å²) in [6.07, 6.45) is 3.15. The number of anilines is 1. The lowest BCUT2D eigenvalue weighted by Gasteiger charge is -2.34. The van der Waals surface area contributed by atoms with Gasteiger partial charge in [-0.25, -0.2) is 0 Å². The van der Waals surface area contributed by atoms with Crippen molar-refractivity contribution < 1.29 is 0 Å². The zero-order valence-corrected chi connectivity index (χ0v) is 17.9. The van der Waals surface area contributed by atoms with E-state index in [9.17, 15) is 0 Å². The predicted molar refractivity (Wildman–Crippen MR) is 135 cm³/mol. The molecule has 0 heterocycles. The molecule has 2 atom stereocenters. The van der Waals surface area contributed by atoms with Gasteiger partial charge >= 0.3 is 0 Å². The lowest BCUT2D eigenvalue weighted by molar-refractivity contribution is 0.645. The van der Waals surface area contributed by atoms with E-state index < -0.39 is 0 Å². The summed E-state index contributed by atoms with van der Waals surface area (Å²) in [7, 11) is 0. The molecule has 1 N–H and O–H groups in total. The number of hydrazone groups is 1. The second kappa shape index (κ2) is 9.49. The smallest absolute Gasteiger partial charge is 0.0616 e. The summed E-state index contributed by atoms with van der Waals surface area (Å²) in [4.78, 5) is 0. The van der Waals surface area contributed by atoms with Gasteiger partial charge in [0.15, 0.2) is 0 Å². The molecule has 156 valence electrons. The van der Waals surface area contributed by atoms with Crippen molar-refractivity contribution in [1.82, 2.24) is 0 Å². The van der Waals surface area contributed by atoms with Crippen molar-refractivity contribution >= 4 is 17.0 Å². The molecule has 4 aromatic carbocycles. The highest BCUT2D eigenvalue weighted by Gasteiger charge is 2.33. The van der Waals surface area contributed by atoms with E-state index in [1.807, 2.05) is 30.3 Å². The van der Waals surface area contributed by atoms with Crippen LogP contribution in [0.25, 0.3) is 5.57 Å². The van der Waals surface area contributed by atoms with Crippen molar-refractivity contribution in [2.45, 2.75) is 18.3 Å². The van der Waals surface area contributed by atoms with Gasteiger partial charge in [0.2, 0.25) is 0 Å². The van der Waals surface area contributed by atoms with Gasteiger partial charge in [0.25, 0.3) is 0 Å². The Labute approximate surface area is 190 Å². The van der Waals surface area contributed by atoms with Gasteiger partial charge in [0.05, 0.1) is 11.4 Å². The van der Waals surface area contributed by atoms with Crippen molar-refractivity contribution in [3.05, 3.63) is 144 Å². The maximum atomic E-state index is 4.82. The van der Waals surface area contributed by atoms with Crippen LogP contribution in [-0.2, 0) is 0 Å². The molecule has 2 heteroatoms. The van der Waals surface area contributed by atoms with Crippen LogP contribution in [0, 0.1) is 0 Å². The third-order valence-electron chi connectivity index (χ3n) is 6.08. The predicted octanol–water partition coefficient (Wildman–Crippen LogP) is 7.51. The topological polar surface area (TPSA) is 24.4 Å². The number of hydrogen-bond acceptors (Lipinski definition) is 2. The molecule has 0 aromatic heterocycles. The Balaban J connectivity index is 1.63.